The van der Waals surface area contributed by atoms with E-state index in [1.807, 2.05) is 4.72 Å². The number of hydrogen-bond acceptors (Lipinski definition) is 3. The van der Waals surface area contributed by atoms with Gasteiger partial charge >= 0.3 is 6.03 Å². The first kappa shape index (κ1) is 22.1. The van der Waals surface area contributed by atoms with Gasteiger partial charge in [-0.15, -0.1) is 0 Å². The Morgan fingerprint density at radius 2 is 2.00 bits per heavy atom. The predicted molar refractivity (Wildman–Crippen MR) is 102 cm³/mol. The van der Waals surface area contributed by atoms with Crippen LogP contribution in [0.2, 0.25) is 5.02 Å². The molecule has 1 N–H and O–H groups in total. The number of carbonyl (C=O) groups is 1. The van der Waals surface area contributed by atoms with Crippen LogP contribution in [0.15, 0.2) is 18.2 Å². The van der Waals surface area contributed by atoms with Crippen LogP contribution in [0.25, 0.3) is 0 Å². The summed E-state index contributed by atoms with van der Waals surface area (Å²) in [5, 5.41) is -0.182. The maximum atomic E-state index is 14.9. The summed E-state index contributed by atoms with van der Waals surface area (Å²) in [5.74, 6) is -4.32. The van der Waals surface area contributed by atoms with Crippen molar-refractivity contribution in [3.63, 3.8) is 0 Å². The summed E-state index contributed by atoms with van der Waals surface area (Å²) < 4.78 is 71.4. The maximum absolute atomic E-state index is 14.9. The van der Waals surface area contributed by atoms with E-state index in [0.29, 0.717) is 13.1 Å². The van der Waals surface area contributed by atoms with Crippen LogP contribution in [-0.2, 0) is 16.6 Å². The lowest BCUT2D eigenvalue weighted by Crippen LogP contribution is -2.56. The number of hydrogen-bond donors (Lipinski definition) is 1. The van der Waals surface area contributed by atoms with Gasteiger partial charge in [-0.25, -0.2) is 18.0 Å². The number of nitrogens with one attached hydrogen (secondary N) is 1. The van der Waals surface area contributed by atoms with Crippen molar-refractivity contribution in [1.29, 1.82) is 0 Å². The molecule has 1 aromatic carbocycles. The molecule has 12 heteroatoms. The molecule has 7 nitrogen and oxygen atoms in total. The van der Waals surface area contributed by atoms with Crippen molar-refractivity contribution < 1.29 is 26.4 Å². The van der Waals surface area contributed by atoms with Crippen molar-refractivity contribution in [2.75, 3.05) is 33.7 Å². The van der Waals surface area contributed by atoms with Crippen LogP contribution < -0.4 is 4.72 Å². The average molecular weight is 455 g/mol. The fraction of sp³-hybridized carbons (Fsp3) is 0.588. The quantitative estimate of drug-likeness (QED) is 0.739. The second-order valence-electron chi connectivity index (χ2n) is 7.38. The predicted octanol–water partition coefficient (Wildman–Crippen LogP) is 1.93. The molecule has 162 valence electrons. The van der Waals surface area contributed by atoms with E-state index in [0.717, 1.165) is 15.6 Å². The Kier molecular flexibility index (Phi) is 6.06. The monoisotopic (exact) mass is 454 g/mol. The van der Waals surface area contributed by atoms with Crippen LogP contribution in [-0.4, -0.2) is 80.3 Å². The minimum atomic E-state index is -4.23. The Bertz CT molecular complexity index is 896. The zero-order valence-electron chi connectivity index (χ0n) is 15.9. The molecular formula is C17H22ClF3N4O3S. The molecule has 1 aromatic rings. The number of likely N-dealkylation sites (tertiary alicyclic amines) is 2. The first-order valence-electron chi connectivity index (χ1n) is 9.00. The van der Waals surface area contributed by atoms with Crippen LogP contribution in [0.4, 0.5) is 18.0 Å². The highest BCUT2D eigenvalue weighted by Gasteiger charge is 2.58. The van der Waals surface area contributed by atoms with Gasteiger partial charge in [0, 0.05) is 27.2 Å². The summed E-state index contributed by atoms with van der Waals surface area (Å²) in [5.41, 5.74) is 0.0238. The van der Waals surface area contributed by atoms with Crippen molar-refractivity contribution in [2.24, 2.45) is 0 Å². The van der Waals surface area contributed by atoms with Crippen molar-refractivity contribution in [3.05, 3.63) is 34.6 Å². The number of nitrogens with zero attached hydrogens (tertiary/aromatic N) is 3. The molecule has 29 heavy (non-hydrogen) atoms. The molecule has 0 radical (unpaired) electrons. The number of urea groups is 1. The van der Waals surface area contributed by atoms with Gasteiger partial charge in [0.05, 0.1) is 17.6 Å². The zero-order valence-corrected chi connectivity index (χ0v) is 17.5. The van der Waals surface area contributed by atoms with E-state index in [1.54, 1.807) is 0 Å². The molecule has 2 heterocycles. The minimum Gasteiger partial charge on any atom is -0.325 e. The van der Waals surface area contributed by atoms with E-state index in [1.165, 1.54) is 37.2 Å². The molecule has 2 aliphatic heterocycles. The highest BCUT2D eigenvalue weighted by molar-refractivity contribution is 7.87. The number of rotatable bonds is 5. The zero-order chi connectivity index (χ0) is 21.6. The van der Waals surface area contributed by atoms with Gasteiger partial charge in [-0.1, -0.05) is 23.7 Å². The van der Waals surface area contributed by atoms with Gasteiger partial charge in [0.1, 0.15) is 11.9 Å². The molecule has 2 fully saturated rings. The third-order valence-corrected chi connectivity index (χ3v) is 7.02. The van der Waals surface area contributed by atoms with Crippen LogP contribution in [0.5, 0.6) is 0 Å². The first-order chi connectivity index (χ1) is 13.4. The first-order valence-corrected chi connectivity index (χ1v) is 10.8. The van der Waals surface area contributed by atoms with E-state index < -0.39 is 46.6 Å². The lowest BCUT2D eigenvalue weighted by atomic mass is 9.99. The highest BCUT2D eigenvalue weighted by atomic mass is 35.5. The van der Waals surface area contributed by atoms with Crippen molar-refractivity contribution in [3.8, 4) is 0 Å². The molecule has 2 atom stereocenters. The van der Waals surface area contributed by atoms with Gasteiger partial charge in [0.15, 0.2) is 0 Å². The molecule has 0 saturated carbocycles. The summed E-state index contributed by atoms with van der Waals surface area (Å²) in [6, 6.07) is 0.337. The fourth-order valence-corrected chi connectivity index (χ4v) is 4.45. The summed E-state index contributed by atoms with van der Waals surface area (Å²) in [6.07, 6.45) is 0.447. The van der Waals surface area contributed by atoms with Crippen LogP contribution in [0.1, 0.15) is 12.0 Å². The second-order valence-corrected chi connectivity index (χ2v) is 9.70. The Morgan fingerprint density at radius 1 is 1.34 bits per heavy atom. The topological polar surface area (TPSA) is 73.0 Å². The number of benzene rings is 1. The molecule has 2 aliphatic rings. The van der Waals surface area contributed by atoms with Crippen molar-refractivity contribution >= 4 is 27.8 Å². The molecule has 0 unspecified atom stereocenters. The van der Waals surface area contributed by atoms with Gasteiger partial charge in [0.2, 0.25) is 0 Å². The Balaban J connectivity index is 1.98. The maximum Gasteiger partial charge on any atom is 0.320 e. The van der Waals surface area contributed by atoms with E-state index in [4.69, 9.17) is 11.6 Å². The van der Waals surface area contributed by atoms with Gasteiger partial charge in [0.25, 0.3) is 16.1 Å². The Morgan fingerprint density at radius 3 is 2.55 bits per heavy atom. The van der Waals surface area contributed by atoms with Crippen LogP contribution in [0.3, 0.4) is 0 Å². The standard InChI is InChI=1S/C17H22ClF3N4O3S/c1-23(2)29(27,28)22-15-13(9-11-5-3-6-12(18)14(11)19)25(10-17(15,20)21)16(26)24-7-4-8-24/h3,5-6,13,15,22H,4,7-10H2,1-2H3/t13-,15+/m0/s1. The molecule has 0 aromatic heterocycles. The smallest absolute Gasteiger partial charge is 0.320 e. The number of amides is 2. The summed E-state index contributed by atoms with van der Waals surface area (Å²) in [7, 11) is -1.83. The second kappa shape index (κ2) is 7.93. The number of halogens is 4. The molecular weight excluding hydrogens is 433 g/mol. The highest BCUT2D eigenvalue weighted by Crippen LogP contribution is 2.36. The summed E-state index contributed by atoms with van der Waals surface area (Å²) in [6.45, 7) is -0.0870. The Labute approximate surface area is 172 Å². The lowest BCUT2D eigenvalue weighted by molar-refractivity contribution is -0.00591. The molecule has 2 saturated heterocycles. The van der Waals surface area contributed by atoms with Gasteiger partial charge < -0.3 is 9.80 Å². The van der Waals surface area contributed by atoms with Gasteiger partial charge in [-0.05, 0) is 24.5 Å². The fourth-order valence-electron chi connectivity index (χ4n) is 3.39. The molecule has 3 rings (SSSR count). The van der Waals surface area contributed by atoms with E-state index in [9.17, 15) is 26.4 Å². The van der Waals surface area contributed by atoms with Crippen molar-refractivity contribution in [1.82, 2.24) is 18.8 Å². The van der Waals surface area contributed by atoms with E-state index >= 15 is 0 Å². The molecule has 0 aliphatic carbocycles. The van der Waals surface area contributed by atoms with Crippen LogP contribution >= 0.6 is 11.6 Å². The SMILES string of the molecule is CN(C)S(=O)(=O)N[C@@H]1[C@H](Cc2cccc(Cl)c2F)N(C(=O)N2CCC2)CC1(F)F. The molecule has 0 spiro atoms. The third kappa shape index (κ3) is 4.32. The van der Waals surface area contributed by atoms with E-state index in [2.05, 4.69) is 0 Å². The molecule has 0 bridgehead atoms. The molecule has 2 amide bonds. The normalized spacial score (nSPS) is 24.1. The average Bonchev–Trinajstić information content (AvgIpc) is 2.81. The summed E-state index contributed by atoms with van der Waals surface area (Å²) >= 11 is 5.79. The van der Waals surface area contributed by atoms with Gasteiger partial charge in [-0.2, -0.15) is 17.4 Å². The summed E-state index contributed by atoms with van der Waals surface area (Å²) in [4.78, 5) is 15.1. The largest absolute Gasteiger partial charge is 0.325 e. The Hall–Kier alpha value is -1.56. The van der Waals surface area contributed by atoms with Crippen LogP contribution in [0, 0.1) is 5.82 Å². The number of alkyl halides is 2. The van der Waals surface area contributed by atoms with E-state index in [-0.39, 0.29) is 17.0 Å². The van der Waals surface area contributed by atoms with Gasteiger partial charge in [-0.3, -0.25) is 0 Å². The van der Waals surface area contributed by atoms with Crippen molar-refractivity contribution in [2.45, 2.75) is 30.8 Å². The third-order valence-electron chi connectivity index (χ3n) is 5.21. The lowest BCUT2D eigenvalue weighted by Gasteiger charge is -2.37. The minimum absolute atomic E-state index is 0.0238. The number of carbonyl (C=O) groups excluding carboxylic acids is 1.